The zero-order valence-electron chi connectivity index (χ0n) is 18.3. The number of rotatable bonds is 9. The molecule has 4 rings (SSSR count). The van der Waals surface area contributed by atoms with Gasteiger partial charge >= 0.3 is 5.97 Å². The third-order valence-electron chi connectivity index (χ3n) is 5.26. The van der Waals surface area contributed by atoms with Crippen molar-refractivity contribution in [1.29, 1.82) is 0 Å². The predicted octanol–water partition coefficient (Wildman–Crippen LogP) is 0.476. The molecule has 0 radical (unpaired) electrons. The van der Waals surface area contributed by atoms with E-state index in [1.54, 1.807) is 31.3 Å². The second-order valence-corrected chi connectivity index (χ2v) is 11.3. The van der Waals surface area contributed by atoms with Crippen LogP contribution in [0.2, 0.25) is 5.02 Å². The van der Waals surface area contributed by atoms with Crippen LogP contribution in [0, 0.1) is 0 Å². The Labute approximate surface area is 215 Å². The summed E-state index contributed by atoms with van der Waals surface area (Å²) in [5.41, 5.74) is -1.41. The van der Waals surface area contributed by atoms with Crippen molar-refractivity contribution in [2.45, 2.75) is 21.2 Å². The van der Waals surface area contributed by atoms with E-state index in [4.69, 9.17) is 16.3 Å². The van der Waals surface area contributed by atoms with Gasteiger partial charge in [0.15, 0.2) is 0 Å². The third-order valence-corrected chi connectivity index (χ3v) is 9.30. The number of thioether (sulfide) groups is 2. The molecule has 3 atom stereocenters. The Hall–Kier alpha value is -2.46. The monoisotopic (exact) mass is 558 g/mol. The number of methoxy groups -OCH3 is 1. The number of aromatic nitrogens is 4. The summed E-state index contributed by atoms with van der Waals surface area (Å²) in [7, 11) is 1.24. The zero-order chi connectivity index (χ0) is 25.3. The van der Waals surface area contributed by atoms with E-state index in [0.717, 1.165) is 4.90 Å². The van der Waals surface area contributed by atoms with Gasteiger partial charge in [-0.25, -0.2) is 9.48 Å². The Balaban J connectivity index is 1.49. The predicted molar refractivity (Wildman–Crippen MR) is 128 cm³/mol. The van der Waals surface area contributed by atoms with Crippen molar-refractivity contribution in [3.8, 4) is 0 Å². The van der Waals surface area contributed by atoms with E-state index in [0.29, 0.717) is 20.6 Å². The van der Waals surface area contributed by atoms with Gasteiger partial charge < -0.3 is 15.2 Å². The van der Waals surface area contributed by atoms with E-state index >= 15 is 0 Å². The molecular weight excluding hydrogens is 540 g/mol. The summed E-state index contributed by atoms with van der Waals surface area (Å²) in [4.78, 5) is 39.4. The van der Waals surface area contributed by atoms with Gasteiger partial charge in [-0.2, -0.15) is 0 Å². The van der Waals surface area contributed by atoms with Gasteiger partial charge in [0.25, 0.3) is 11.6 Å². The smallest absolute Gasteiger partial charge is 0.352 e. The van der Waals surface area contributed by atoms with Crippen LogP contribution in [0.1, 0.15) is 0 Å². The first-order chi connectivity index (χ1) is 16.7. The number of carboxylic acids is 1. The number of nitrogens with zero attached hydrogens (tertiary/aromatic N) is 5. The number of carboxylic acid groups (broad SMARTS) is 1. The normalized spacial score (nSPS) is 22.4. The molecule has 12 nitrogen and oxygen atoms in total. The number of hydrogen-bond acceptors (Lipinski definition) is 10. The Bertz CT molecular complexity index is 1240. The summed E-state index contributed by atoms with van der Waals surface area (Å²) in [6, 6.07) is 6.22. The molecule has 1 aromatic carbocycles. The van der Waals surface area contributed by atoms with Crippen molar-refractivity contribution in [3.63, 3.8) is 0 Å². The van der Waals surface area contributed by atoms with Crippen LogP contribution >= 0.6 is 35.1 Å². The number of aliphatic carboxylic acids is 1. The van der Waals surface area contributed by atoms with Gasteiger partial charge in [0, 0.05) is 35.6 Å². The Kier molecular flexibility index (Phi) is 7.51. The van der Waals surface area contributed by atoms with E-state index in [1.807, 2.05) is 0 Å². The SMILES string of the molecule is CO[C@@]1(NC(=O)CS(=O)c2ccc(Cl)cc2)C(=O)N2C(C(=O)O)=C(CSc3nnnn3C)CS[C@H]21. The van der Waals surface area contributed by atoms with Crippen molar-refractivity contribution in [1.82, 2.24) is 30.4 Å². The maximum atomic E-state index is 13.2. The standard InChI is InChI=1S/C19H19ClN6O6S3/c1-25-18(22-23-24-25)34-8-10-7-33-17-19(32-2,16(30)26(17)14(10)15(28)29)21-13(27)9-35(31)12-5-3-11(20)4-6-12/h3-6,17H,7-9H2,1-2H3,(H,21,27)(H,28,29)/t17-,19-,35?/m0/s1. The molecule has 1 aromatic heterocycles. The van der Waals surface area contributed by atoms with Crippen LogP contribution in [-0.2, 0) is 37.0 Å². The molecule has 0 bridgehead atoms. The number of tetrazole rings is 1. The highest BCUT2D eigenvalue weighted by Crippen LogP contribution is 2.47. The number of fused-ring (bicyclic) bond motifs is 1. The van der Waals surface area contributed by atoms with E-state index in [-0.39, 0.29) is 17.2 Å². The summed E-state index contributed by atoms with van der Waals surface area (Å²) < 4.78 is 19.4. The maximum absolute atomic E-state index is 13.2. The number of β-lactam (4-membered cyclic amide) rings is 1. The Morgan fingerprint density at radius 3 is 2.71 bits per heavy atom. The molecule has 2 N–H and O–H groups in total. The summed E-state index contributed by atoms with van der Waals surface area (Å²) in [5, 5.41) is 23.7. The molecule has 2 aromatic rings. The van der Waals surface area contributed by atoms with Crippen molar-refractivity contribution < 1.29 is 28.4 Å². The third kappa shape index (κ3) is 4.82. The van der Waals surface area contributed by atoms with Gasteiger partial charge in [-0.15, -0.1) is 16.9 Å². The summed E-state index contributed by atoms with van der Waals surface area (Å²) in [6.07, 6.45) is 0. The lowest BCUT2D eigenvalue weighted by Gasteiger charge is -2.55. The fraction of sp³-hybridized carbons (Fsp3) is 0.368. The second kappa shape index (κ2) is 10.3. The van der Waals surface area contributed by atoms with Crippen LogP contribution in [0.4, 0.5) is 0 Å². The molecule has 1 unspecified atom stereocenters. The van der Waals surface area contributed by atoms with Gasteiger partial charge in [-0.1, -0.05) is 23.4 Å². The summed E-state index contributed by atoms with van der Waals surface area (Å²) >= 11 is 8.34. The first kappa shape index (κ1) is 25.6. The minimum absolute atomic E-state index is 0.159. The van der Waals surface area contributed by atoms with E-state index in [2.05, 4.69) is 20.8 Å². The molecular formula is C19H19ClN6O6S3. The molecule has 16 heteroatoms. The molecule has 2 aliphatic heterocycles. The van der Waals surface area contributed by atoms with Crippen LogP contribution in [-0.4, -0.2) is 87.7 Å². The molecule has 0 aliphatic carbocycles. The van der Waals surface area contributed by atoms with Crippen molar-refractivity contribution in [2.75, 3.05) is 24.4 Å². The fourth-order valence-corrected chi connectivity index (χ4v) is 7.05. The summed E-state index contributed by atoms with van der Waals surface area (Å²) in [6.45, 7) is 0. The highest BCUT2D eigenvalue weighted by Gasteiger charge is 2.66. The van der Waals surface area contributed by atoms with Crippen molar-refractivity contribution >= 4 is 63.7 Å². The van der Waals surface area contributed by atoms with Gasteiger partial charge in [0.1, 0.15) is 16.8 Å². The first-order valence-electron chi connectivity index (χ1n) is 9.93. The number of carbonyl (C=O) groups excluding carboxylic acids is 2. The van der Waals surface area contributed by atoms with Gasteiger partial charge in [0.05, 0.1) is 10.8 Å². The fourth-order valence-electron chi connectivity index (χ4n) is 3.58. The minimum Gasteiger partial charge on any atom is -0.477 e. The number of carbonyl (C=O) groups is 3. The highest BCUT2D eigenvalue weighted by atomic mass is 35.5. The van der Waals surface area contributed by atoms with E-state index in [1.165, 1.54) is 35.3 Å². The van der Waals surface area contributed by atoms with Crippen molar-refractivity contribution in [3.05, 3.63) is 40.6 Å². The van der Waals surface area contributed by atoms with Gasteiger partial charge in [0.2, 0.25) is 11.1 Å². The van der Waals surface area contributed by atoms with Crippen LogP contribution in [0.15, 0.2) is 45.6 Å². The quantitative estimate of drug-likeness (QED) is 0.250. The van der Waals surface area contributed by atoms with Crippen molar-refractivity contribution in [2.24, 2.45) is 7.05 Å². The van der Waals surface area contributed by atoms with Crippen LogP contribution in [0.5, 0.6) is 0 Å². The topological polar surface area (TPSA) is 157 Å². The Morgan fingerprint density at radius 2 is 2.11 bits per heavy atom. The molecule has 0 spiro atoms. The first-order valence-corrected chi connectivity index (χ1v) is 13.7. The molecule has 186 valence electrons. The average Bonchev–Trinajstić information content (AvgIpc) is 3.25. The number of nitrogens with one attached hydrogen (secondary N) is 1. The molecule has 2 aliphatic rings. The number of benzene rings is 1. The highest BCUT2D eigenvalue weighted by molar-refractivity contribution is 8.01. The maximum Gasteiger partial charge on any atom is 0.352 e. The second-order valence-electron chi connectivity index (χ2n) is 7.40. The number of aryl methyl sites for hydroxylation is 1. The number of amides is 2. The van der Waals surface area contributed by atoms with Gasteiger partial charge in [-0.05, 0) is 40.3 Å². The molecule has 1 fully saturated rings. The minimum atomic E-state index is -1.77. The van der Waals surface area contributed by atoms with Crippen LogP contribution in [0.3, 0.4) is 0 Å². The largest absolute Gasteiger partial charge is 0.477 e. The molecule has 0 saturated carbocycles. The average molecular weight is 559 g/mol. The Morgan fingerprint density at radius 1 is 1.40 bits per heavy atom. The zero-order valence-corrected chi connectivity index (χ0v) is 21.5. The van der Waals surface area contributed by atoms with Gasteiger partial charge in [-0.3, -0.25) is 18.7 Å². The lowest BCUT2D eigenvalue weighted by Crippen LogP contribution is -2.80. The molecule has 2 amide bonds. The number of hydrogen-bond donors (Lipinski definition) is 2. The van der Waals surface area contributed by atoms with E-state index < -0.39 is 45.4 Å². The summed E-state index contributed by atoms with van der Waals surface area (Å²) in [5.74, 6) is -2.53. The van der Waals surface area contributed by atoms with Crippen LogP contribution < -0.4 is 5.32 Å². The van der Waals surface area contributed by atoms with Crippen LogP contribution in [0.25, 0.3) is 0 Å². The number of halogens is 1. The lowest BCUT2D eigenvalue weighted by molar-refractivity contribution is -0.192. The molecule has 1 saturated heterocycles. The molecule has 35 heavy (non-hydrogen) atoms. The number of ether oxygens (including phenoxy) is 1. The lowest BCUT2D eigenvalue weighted by atomic mass is 9.98. The molecule has 3 heterocycles. The van der Waals surface area contributed by atoms with E-state index in [9.17, 15) is 23.7 Å².